The molecule has 0 spiro atoms. The first-order chi connectivity index (χ1) is 10.6. The summed E-state index contributed by atoms with van der Waals surface area (Å²) in [4.78, 5) is 8.54. The van der Waals surface area contributed by atoms with E-state index in [1.54, 1.807) is 0 Å². The molecule has 22 heavy (non-hydrogen) atoms. The van der Waals surface area contributed by atoms with Crippen molar-refractivity contribution in [3.63, 3.8) is 0 Å². The molecule has 0 bridgehead atoms. The predicted octanol–water partition coefficient (Wildman–Crippen LogP) is 2.19. The van der Waals surface area contributed by atoms with Gasteiger partial charge in [0.25, 0.3) is 0 Å². The van der Waals surface area contributed by atoms with Gasteiger partial charge in [0.15, 0.2) is 5.82 Å². The zero-order chi connectivity index (χ0) is 15.5. The minimum atomic E-state index is -0.285. The fourth-order valence-electron chi connectivity index (χ4n) is 1.91. The van der Waals surface area contributed by atoms with Gasteiger partial charge in [-0.2, -0.15) is 5.10 Å². The van der Waals surface area contributed by atoms with Gasteiger partial charge in [0.05, 0.1) is 29.0 Å². The van der Waals surface area contributed by atoms with Crippen molar-refractivity contribution in [2.24, 2.45) is 5.10 Å². The lowest BCUT2D eigenvalue weighted by Crippen LogP contribution is -1.95. The van der Waals surface area contributed by atoms with Crippen molar-refractivity contribution in [1.82, 2.24) is 9.97 Å². The van der Waals surface area contributed by atoms with E-state index in [9.17, 15) is 15.3 Å². The Bertz CT molecular complexity index is 841. The maximum Gasteiger partial charge on any atom is 0.165 e. The molecule has 0 aliphatic heterocycles. The first kappa shape index (κ1) is 13.6. The summed E-state index contributed by atoms with van der Waals surface area (Å²) >= 11 is 0. The zero-order valence-electron chi connectivity index (χ0n) is 11.3. The number of rotatable bonds is 3. The highest BCUT2D eigenvalue weighted by molar-refractivity contribution is 5.88. The van der Waals surface area contributed by atoms with Crippen molar-refractivity contribution < 1.29 is 15.3 Å². The molecule has 2 aromatic carbocycles. The van der Waals surface area contributed by atoms with E-state index in [0.29, 0.717) is 5.82 Å². The van der Waals surface area contributed by atoms with Gasteiger partial charge >= 0.3 is 0 Å². The summed E-state index contributed by atoms with van der Waals surface area (Å²) in [5.41, 5.74) is 4.24. The molecule has 0 amide bonds. The van der Waals surface area contributed by atoms with Gasteiger partial charge in [-0.15, -0.1) is 0 Å². The molecule has 3 rings (SSSR count). The number of aromatic hydroxyl groups is 3. The zero-order valence-corrected chi connectivity index (χ0v) is 11.3. The molecule has 1 aromatic heterocycles. The molecule has 0 aliphatic rings. The quantitative estimate of drug-likeness (QED) is 0.435. The van der Waals surface area contributed by atoms with Crippen LogP contribution in [0.25, 0.3) is 11.0 Å². The fourth-order valence-corrected chi connectivity index (χ4v) is 1.91. The smallest absolute Gasteiger partial charge is 0.165 e. The molecular formula is C15H12N4O3. The van der Waals surface area contributed by atoms with Crippen molar-refractivity contribution in [2.45, 2.75) is 0 Å². The molecule has 0 fully saturated rings. The van der Waals surface area contributed by atoms with Crippen molar-refractivity contribution in [3.8, 4) is 17.2 Å². The van der Waals surface area contributed by atoms with E-state index in [4.69, 9.17) is 0 Å². The van der Waals surface area contributed by atoms with Crippen LogP contribution in [0.5, 0.6) is 17.2 Å². The van der Waals surface area contributed by atoms with Crippen LogP contribution < -0.4 is 5.43 Å². The lowest BCUT2D eigenvalue weighted by molar-refractivity contribution is 0.427. The topological polar surface area (TPSA) is 111 Å². The molecule has 0 unspecified atom stereocenters. The third-order valence-electron chi connectivity index (χ3n) is 2.94. The van der Waals surface area contributed by atoms with E-state index in [1.807, 2.05) is 24.3 Å². The normalized spacial score (nSPS) is 11.1. The van der Waals surface area contributed by atoms with Crippen LogP contribution in [-0.2, 0) is 0 Å². The van der Waals surface area contributed by atoms with Crippen LogP contribution in [0.4, 0.5) is 5.82 Å². The van der Waals surface area contributed by atoms with Crippen molar-refractivity contribution in [1.29, 1.82) is 0 Å². The maximum atomic E-state index is 9.64. The third-order valence-corrected chi connectivity index (χ3v) is 2.94. The van der Waals surface area contributed by atoms with Gasteiger partial charge in [0.2, 0.25) is 0 Å². The summed E-state index contributed by atoms with van der Waals surface area (Å²) in [5.74, 6) is -0.381. The number of nitrogens with zero attached hydrogens (tertiary/aromatic N) is 3. The number of hydrogen-bond donors (Lipinski definition) is 4. The highest BCUT2D eigenvalue weighted by Gasteiger charge is 2.07. The van der Waals surface area contributed by atoms with Crippen LogP contribution >= 0.6 is 0 Å². The van der Waals surface area contributed by atoms with Crippen LogP contribution in [0.3, 0.4) is 0 Å². The minimum Gasteiger partial charge on any atom is -0.508 e. The van der Waals surface area contributed by atoms with E-state index in [-0.39, 0.29) is 22.8 Å². The molecule has 3 aromatic rings. The first-order valence-electron chi connectivity index (χ1n) is 6.39. The molecule has 0 radical (unpaired) electrons. The summed E-state index contributed by atoms with van der Waals surface area (Å²) in [6.07, 6.45) is 2.75. The Morgan fingerprint density at radius 2 is 1.68 bits per heavy atom. The number of aromatic nitrogens is 2. The molecule has 7 heteroatoms. The summed E-state index contributed by atoms with van der Waals surface area (Å²) in [5, 5.41) is 32.4. The number of nitrogens with one attached hydrogen (secondary N) is 1. The predicted molar refractivity (Wildman–Crippen MR) is 82.2 cm³/mol. The van der Waals surface area contributed by atoms with Gasteiger partial charge in [-0.3, -0.25) is 10.4 Å². The number of hydrogen-bond acceptors (Lipinski definition) is 7. The molecule has 0 aliphatic carbocycles. The number of fused-ring (bicyclic) bond motifs is 1. The number of hydrazone groups is 1. The largest absolute Gasteiger partial charge is 0.508 e. The average Bonchev–Trinajstić information content (AvgIpc) is 2.49. The maximum absolute atomic E-state index is 9.64. The Balaban J connectivity index is 1.81. The second kappa shape index (κ2) is 5.57. The van der Waals surface area contributed by atoms with E-state index < -0.39 is 0 Å². The van der Waals surface area contributed by atoms with Crippen LogP contribution in [0.2, 0.25) is 0 Å². The molecule has 0 saturated carbocycles. The summed E-state index contributed by atoms with van der Waals surface area (Å²) in [6, 6.07) is 9.62. The fraction of sp³-hybridized carbons (Fsp3) is 0. The molecule has 0 saturated heterocycles. The van der Waals surface area contributed by atoms with E-state index in [1.165, 1.54) is 12.4 Å². The monoisotopic (exact) mass is 296 g/mol. The third kappa shape index (κ3) is 2.73. The van der Waals surface area contributed by atoms with Crippen molar-refractivity contribution in [2.75, 3.05) is 5.43 Å². The number of phenols is 3. The van der Waals surface area contributed by atoms with Crippen LogP contribution in [-0.4, -0.2) is 31.5 Å². The average molecular weight is 296 g/mol. The van der Waals surface area contributed by atoms with E-state index in [2.05, 4.69) is 20.5 Å². The second-order valence-electron chi connectivity index (χ2n) is 4.51. The lowest BCUT2D eigenvalue weighted by atomic mass is 10.2. The Labute approximate surface area is 125 Å². The van der Waals surface area contributed by atoms with Crippen LogP contribution in [0.15, 0.2) is 47.7 Å². The standard InChI is InChI=1S/C15H12N4O3/c20-9-5-13(21)10(14(22)6-9)7-17-19-15-8-16-11-3-1-2-4-12(11)18-15/h1-8,20-22H,(H,18,19)/b17-7+. The molecule has 4 N–H and O–H groups in total. The Hall–Kier alpha value is -3.35. The first-order valence-corrected chi connectivity index (χ1v) is 6.39. The molecule has 1 heterocycles. The highest BCUT2D eigenvalue weighted by atomic mass is 16.3. The summed E-state index contributed by atoms with van der Waals surface area (Å²) < 4.78 is 0. The number of para-hydroxylation sites is 2. The molecule has 7 nitrogen and oxygen atoms in total. The van der Waals surface area contributed by atoms with Crippen LogP contribution in [0, 0.1) is 0 Å². The Kier molecular flexibility index (Phi) is 3.45. The van der Waals surface area contributed by atoms with Crippen LogP contribution in [0.1, 0.15) is 5.56 Å². The Morgan fingerprint density at radius 3 is 2.41 bits per heavy atom. The number of benzene rings is 2. The summed E-state index contributed by atoms with van der Waals surface area (Å²) in [6.45, 7) is 0. The molecule has 0 atom stereocenters. The van der Waals surface area contributed by atoms with Crippen molar-refractivity contribution >= 4 is 23.1 Å². The van der Waals surface area contributed by atoms with Gasteiger partial charge in [-0.1, -0.05) is 12.1 Å². The van der Waals surface area contributed by atoms with Gasteiger partial charge < -0.3 is 15.3 Å². The lowest BCUT2D eigenvalue weighted by Gasteiger charge is -2.04. The van der Waals surface area contributed by atoms with E-state index >= 15 is 0 Å². The van der Waals surface area contributed by atoms with Gasteiger partial charge in [0.1, 0.15) is 17.2 Å². The summed E-state index contributed by atoms with van der Waals surface area (Å²) in [7, 11) is 0. The number of phenolic OH excluding ortho intramolecular Hbond substituents is 3. The van der Waals surface area contributed by atoms with Gasteiger partial charge in [-0.25, -0.2) is 4.98 Å². The van der Waals surface area contributed by atoms with Crippen molar-refractivity contribution in [3.05, 3.63) is 48.2 Å². The Morgan fingerprint density at radius 1 is 1.00 bits per heavy atom. The SMILES string of the molecule is Oc1cc(O)c(/C=N/Nc2cnc3ccccc3n2)c(O)c1. The number of anilines is 1. The molecule has 110 valence electrons. The molecular weight excluding hydrogens is 284 g/mol. The second-order valence-corrected chi connectivity index (χ2v) is 4.51. The van der Waals surface area contributed by atoms with Gasteiger partial charge in [0, 0.05) is 12.1 Å². The van der Waals surface area contributed by atoms with Gasteiger partial charge in [-0.05, 0) is 12.1 Å². The minimum absolute atomic E-state index is 0.0825. The van der Waals surface area contributed by atoms with E-state index in [0.717, 1.165) is 23.2 Å². The highest BCUT2D eigenvalue weighted by Crippen LogP contribution is 2.30.